The molecular weight excluding hydrogens is 271 g/mol. The molecule has 0 aromatic heterocycles. The number of nitrogens with two attached hydrogens (primary N) is 1. The van der Waals surface area contributed by atoms with Crippen molar-refractivity contribution in [3.05, 3.63) is 23.8 Å². The first-order valence-electron chi connectivity index (χ1n) is 5.17. The van der Waals surface area contributed by atoms with Crippen LogP contribution in [0, 0.1) is 0 Å². The van der Waals surface area contributed by atoms with Crippen molar-refractivity contribution in [1.29, 1.82) is 0 Å². The Bertz CT molecular complexity index is 412. The third-order valence-electron chi connectivity index (χ3n) is 2.56. The molecule has 3 nitrogen and oxygen atoms in total. The van der Waals surface area contributed by atoms with Gasteiger partial charge in [0.1, 0.15) is 0 Å². The highest BCUT2D eigenvalue weighted by Crippen LogP contribution is 2.35. The number of alkyl halides is 3. The topological polar surface area (TPSA) is 44.5 Å². The van der Waals surface area contributed by atoms with Crippen molar-refractivity contribution in [2.75, 3.05) is 6.79 Å². The highest BCUT2D eigenvalue weighted by Gasteiger charge is 2.28. The molecule has 0 unspecified atom stereocenters. The molecule has 0 spiro atoms. The van der Waals surface area contributed by atoms with Crippen LogP contribution in [0.5, 0.6) is 11.5 Å². The van der Waals surface area contributed by atoms with Gasteiger partial charge >= 0.3 is 6.18 Å². The largest absolute Gasteiger partial charge is 0.454 e. The van der Waals surface area contributed by atoms with Crippen molar-refractivity contribution in [1.82, 2.24) is 0 Å². The number of ether oxygens (including phenoxy) is 2. The maximum absolute atomic E-state index is 12.1. The summed E-state index contributed by atoms with van der Waals surface area (Å²) in [6.07, 6.45) is -5.19. The van der Waals surface area contributed by atoms with Crippen molar-refractivity contribution < 1.29 is 22.6 Å². The molecule has 2 N–H and O–H groups in total. The monoisotopic (exact) mass is 283 g/mol. The van der Waals surface area contributed by atoms with Gasteiger partial charge in [-0.25, -0.2) is 0 Å². The van der Waals surface area contributed by atoms with E-state index in [1.54, 1.807) is 18.2 Å². The number of halogens is 4. The van der Waals surface area contributed by atoms with Crippen molar-refractivity contribution in [2.45, 2.75) is 25.1 Å². The molecule has 0 saturated carbocycles. The van der Waals surface area contributed by atoms with E-state index in [0.717, 1.165) is 0 Å². The molecule has 18 heavy (non-hydrogen) atoms. The van der Waals surface area contributed by atoms with Crippen LogP contribution in [0.2, 0.25) is 0 Å². The van der Waals surface area contributed by atoms with Crippen LogP contribution in [0.3, 0.4) is 0 Å². The third kappa shape index (κ3) is 3.68. The van der Waals surface area contributed by atoms with Crippen molar-refractivity contribution in [2.24, 2.45) is 5.73 Å². The molecule has 0 fully saturated rings. The van der Waals surface area contributed by atoms with Gasteiger partial charge in [-0.1, -0.05) is 6.07 Å². The highest BCUT2D eigenvalue weighted by atomic mass is 35.5. The summed E-state index contributed by atoms with van der Waals surface area (Å²) >= 11 is 0. The minimum Gasteiger partial charge on any atom is -0.454 e. The molecule has 0 aliphatic carbocycles. The summed E-state index contributed by atoms with van der Waals surface area (Å²) in [7, 11) is 0. The summed E-state index contributed by atoms with van der Waals surface area (Å²) in [6.45, 7) is 0.135. The number of hydrogen-bond donors (Lipinski definition) is 1. The van der Waals surface area contributed by atoms with Crippen molar-refractivity contribution >= 4 is 12.4 Å². The third-order valence-corrected chi connectivity index (χ3v) is 2.56. The fourth-order valence-corrected chi connectivity index (χ4v) is 1.63. The minimum absolute atomic E-state index is 0. The standard InChI is InChI=1S/C11H12F3NO2.ClH/c12-11(13,14)4-3-8(15)7-1-2-9-10(5-7)17-6-16-9;/h1-2,5,8H,3-4,6,15H2;1H/t8-;/m0./s1. The fraction of sp³-hybridized carbons (Fsp3) is 0.455. The number of benzene rings is 1. The maximum atomic E-state index is 12.1. The Morgan fingerprint density at radius 1 is 1.22 bits per heavy atom. The average Bonchev–Trinajstić information content (AvgIpc) is 2.71. The van der Waals surface area contributed by atoms with E-state index >= 15 is 0 Å². The normalized spacial score (nSPS) is 15.1. The van der Waals surface area contributed by atoms with E-state index in [1.165, 1.54) is 0 Å². The summed E-state index contributed by atoms with van der Waals surface area (Å²) in [4.78, 5) is 0. The van der Waals surface area contributed by atoms with E-state index in [2.05, 4.69) is 0 Å². The lowest BCUT2D eigenvalue weighted by Crippen LogP contribution is -2.15. The second kappa shape index (κ2) is 5.67. The van der Waals surface area contributed by atoms with Crippen LogP contribution in [-0.2, 0) is 0 Å². The molecule has 1 heterocycles. The Kier molecular flexibility index (Phi) is 4.70. The van der Waals surface area contributed by atoms with Crippen LogP contribution in [0.15, 0.2) is 18.2 Å². The van der Waals surface area contributed by atoms with E-state index < -0.39 is 18.6 Å². The van der Waals surface area contributed by atoms with Crippen molar-refractivity contribution in [3.63, 3.8) is 0 Å². The molecule has 7 heteroatoms. The quantitative estimate of drug-likeness (QED) is 0.926. The van der Waals surface area contributed by atoms with Gasteiger partial charge < -0.3 is 15.2 Å². The Morgan fingerprint density at radius 2 is 1.89 bits per heavy atom. The van der Waals surface area contributed by atoms with E-state index in [-0.39, 0.29) is 25.6 Å². The summed E-state index contributed by atoms with van der Waals surface area (Å²) in [6, 6.07) is 4.30. The zero-order chi connectivity index (χ0) is 12.5. The zero-order valence-electron chi connectivity index (χ0n) is 9.37. The second-order valence-corrected chi connectivity index (χ2v) is 3.87. The van der Waals surface area contributed by atoms with Crippen LogP contribution < -0.4 is 15.2 Å². The molecule has 0 radical (unpaired) electrons. The van der Waals surface area contributed by atoms with E-state index in [0.29, 0.717) is 17.1 Å². The van der Waals surface area contributed by atoms with Gasteiger partial charge in [0.15, 0.2) is 11.5 Å². The highest BCUT2D eigenvalue weighted by molar-refractivity contribution is 5.85. The van der Waals surface area contributed by atoms with Crippen LogP contribution in [0.25, 0.3) is 0 Å². The Morgan fingerprint density at radius 3 is 2.56 bits per heavy atom. The molecule has 1 atom stereocenters. The lowest BCUT2D eigenvalue weighted by Gasteiger charge is -2.13. The summed E-state index contributed by atoms with van der Waals surface area (Å²) in [5.41, 5.74) is 6.32. The summed E-state index contributed by atoms with van der Waals surface area (Å²) < 4.78 is 46.4. The lowest BCUT2D eigenvalue weighted by molar-refractivity contribution is -0.136. The molecule has 102 valence electrons. The Hall–Kier alpha value is -1.14. The van der Waals surface area contributed by atoms with E-state index in [1.807, 2.05) is 0 Å². The van der Waals surface area contributed by atoms with Gasteiger partial charge in [-0.2, -0.15) is 13.2 Å². The number of rotatable bonds is 3. The summed E-state index contributed by atoms with van der Waals surface area (Å²) in [5.74, 6) is 1.13. The van der Waals surface area contributed by atoms with Gasteiger partial charge in [0.25, 0.3) is 0 Å². The van der Waals surface area contributed by atoms with E-state index in [9.17, 15) is 13.2 Å². The first kappa shape index (κ1) is 14.9. The SMILES string of the molecule is Cl.N[C@@H](CCC(F)(F)F)c1ccc2c(c1)OCO2. The van der Waals surface area contributed by atoms with Gasteiger partial charge in [0, 0.05) is 12.5 Å². The van der Waals surface area contributed by atoms with E-state index in [4.69, 9.17) is 15.2 Å². The second-order valence-electron chi connectivity index (χ2n) is 3.87. The Balaban J connectivity index is 0.00000162. The number of hydrogen-bond acceptors (Lipinski definition) is 3. The Labute approximate surface area is 108 Å². The molecule has 0 amide bonds. The molecule has 0 bridgehead atoms. The van der Waals surface area contributed by atoms with Crippen LogP contribution in [0.1, 0.15) is 24.4 Å². The number of fused-ring (bicyclic) bond motifs is 1. The molecule has 1 aliphatic rings. The predicted molar refractivity (Wildman–Crippen MR) is 62.0 cm³/mol. The summed E-state index contributed by atoms with van der Waals surface area (Å²) in [5, 5.41) is 0. The van der Waals surface area contributed by atoms with Crippen LogP contribution in [-0.4, -0.2) is 13.0 Å². The molecule has 2 rings (SSSR count). The predicted octanol–water partition coefficient (Wildman–Crippen LogP) is 3.18. The molecule has 1 aliphatic heterocycles. The minimum atomic E-state index is -4.17. The van der Waals surface area contributed by atoms with Gasteiger partial charge in [0.05, 0.1) is 0 Å². The maximum Gasteiger partial charge on any atom is 0.389 e. The van der Waals surface area contributed by atoms with Gasteiger partial charge in [-0.15, -0.1) is 12.4 Å². The molecule has 1 aromatic rings. The van der Waals surface area contributed by atoms with Gasteiger partial charge in [-0.05, 0) is 24.1 Å². The van der Waals surface area contributed by atoms with Crippen LogP contribution >= 0.6 is 12.4 Å². The fourth-order valence-electron chi connectivity index (χ4n) is 1.63. The molecule has 1 aromatic carbocycles. The molecular formula is C11H13ClF3NO2. The first-order valence-corrected chi connectivity index (χ1v) is 5.17. The first-order chi connectivity index (χ1) is 7.96. The molecule has 0 saturated heterocycles. The lowest BCUT2D eigenvalue weighted by atomic mass is 10.0. The van der Waals surface area contributed by atoms with Crippen molar-refractivity contribution in [3.8, 4) is 11.5 Å². The zero-order valence-corrected chi connectivity index (χ0v) is 10.2. The van der Waals surface area contributed by atoms with Gasteiger partial charge in [0.2, 0.25) is 6.79 Å². The smallest absolute Gasteiger partial charge is 0.389 e. The van der Waals surface area contributed by atoms with Crippen LogP contribution in [0.4, 0.5) is 13.2 Å². The van der Waals surface area contributed by atoms with Gasteiger partial charge in [-0.3, -0.25) is 0 Å². The average molecular weight is 284 g/mol.